The van der Waals surface area contributed by atoms with Crippen LogP contribution in [0.5, 0.6) is 11.5 Å². The topological polar surface area (TPSA) is 88.9 Å². The molecule has 0 aliphatic heterocycles. The van der Waals surface area contributed by atoms with E-state index in [1.54, 1.807) is 19.2 Å². The number of phenols is 1. The van der Waals surface area contributed by atoms with E-state index in [9.17, 15) is 5.11 Å². The lowest BCUT2D eigenvalue weighted by Gasteiger charge is -2.14. The molecule has 2 aromatic heterocycles. The molecule has 2 aromatic carbocycles. The Morgan fingerprint density at radius 1 is 1.00 bits per heavy atom. The molecule has 0 saturated carbocycles. The van der Waals surface area contributed by atoms with Crippen molar-refractivity contribution in [3.8, 4) is 28.4 Å². The molecule has 7 heteroatoms. The number of hydrogen-bond acceptors (Lipinski definition) is 5. The summed E-state index contributed by atoms with van der Waals surface area (Å²) in [6.45, 7) is 0. The van der Waals surface area contributed by atoms with Gasteiger partial charge in [0.05, 0.1) is 12.8 Å². The van der Waals surface area contributed by atoms with Crippen molar-refractivity contribution in [2.45, 2.75) is 6.42 Å². The number of ether oxygens (including phenoxy) is 1. The third-order valence-corrected chi connectivity index (χ3v) is 4.19. The zero-order chi connectivity index (χ0) is 17.9. The summed E-state index contributed by atoms with van der Waals surface area (Å²) in [6, 6.07) is 19.1. The fourth-order valence-electron chi connectivity index (χ4n) is 2.94. The summed E-state index contributed by atoms with van der Waals surface area (Å²) in [5.74, 6) is 1.72. The number of aromatic hydroxyl groups is 1. The molecule has 0 spiro atoms. The predicted molar refractivity (Wildman–Crippen MR) is 96.4 cm³/mol. The van der Waals surface area contributed by atoms with E-state index in [-0.39, 0.29) is 5.75 Å². The molecule has 0 saturated heterocycles. The first-order valence-electron chi connectivity index (χ1n) is 8.11. The maximum Gasteiger partial charge on any atom is 0.154 e. The largest absolute Gasteiger partial charge is 0.508 e. The summed E-state index contributed by atoms with van der Waals surface area (Å²) in [4.78, 5) is 0. The van der Waals surface area contributed by atoms with Gasteiger partial charge in [0.25, 0.3) is 0 Å². The van der Waals surface area contributed by atoms with Crippen molar-refractivity contribution in [2.75, 3.05) is 7.11 Å². The molecule has 0 amide bonds. The van der Waals surface area contributed by atoms with E-state index >= 15 is 0 Å². The van der Waals surface area contributed by atoms with E-state index in [0.717, 1.165) is 28.4 Å². The van der Waals surface area contributed by atoms with Crippen LogP contribution in [0.25, 0.3) is 16.9 Å². The van der Waals surface area contributed by atoms with Crippen molar-refractivity contribution in [1.29, 1.82) is 0 Å². The van der Waals surface area contributed by atoms with Crippen molar-refractivity contribution in [3.63, 3.8) is 0 Å². The van der Waals surface area contributed by atoms with Gasteiger partial charge < -0.3 is 14.4 Å². The Hall–Kier alpha value is -3.61. The molecule has 0 unspecified atom stereocenters. The molecule has 0 atom stereocenters. The molecule has 7 nitrogen and oxygen atoms in total. The maximum absolute atomic E-state index is 9.62. The highest BCUT2D eigenvalue weighted by Gasteiger charge is 2.14. The Morgan fingerprint density at radius 2 is 1.77 bits per heavy atom. The van der Waals surface area contributed by atoms with Crippen molar-refractivity contribution >= 4 is 0 Å². The number of H-pyrrole nitrogens is 1. The number of tetrazole rings is 1. The molecular formula is C19H17N5O2. The second-order valence-corrected chi connectivity index (χ2v) is 5.81. The van der Waals surface area contributed by atoms with Crippen LogP contribution in [-0.2, 0) is 6.42 Å². The first-order valence-corrected chi connectivity index (χ1v) is 8.11. The first kappa shape index (κ1) is 15.9. The molecule has 4 rings (SSSR count). The zero-order valence-corrected chi connectivity index (χ0v) is 14.1. The van der Waals surface area contributed by atoms with E-state index in [1.807, 2.05) is 36.4 Å². The van der Waals surface area contributed by atoms with Gasteiger partial charge in [-0.25, -0.2) is 5.10 Å². The summed E-state index contributed by atoms with van der Waals surface area (Å²) < 4.78 is 7.38. The van der Waals surface area contributed by atoms with Crippen LogP contribution in [0.15, 0.2) is 60.7 Å². The van der Waals surface area contributed by atoms with Crippen molar-refractivity contribution in [2.24, 2.45) is 0 Å². The highest BCUT2D eigenvalue weighted by atomic mass is 16.5. The predicted octanol–water partition coefficient (Wildman–Crippen LogP) is 2.96. The smallest absolute Gasteiger partial charge is 0.154 e. The SMILES string of the molecule is COc1ccc(-c2ccc(Cc3nnn[nH]3)n2-c2ccc(O)cc2)cc1. The molecule has 4 aromatic rings. The molecular weight excluding hydrogens is 330 g/mol. The Balaban J connectivity index is 1.82. The van der Waals surface area contributed by atoms with Crippen LogP contribution in [0.2, 0.25) is 0 Å². The van der Waals surface area contributed by atoms with Crippen LogP contribution in [0.3, 0.4) is 0 Å². The lowest BCUT2D eigenvalue weighted by atomic mass is 10.1. The quantitative estimate of drug-likeness (QED) is 0.579. The summed E-state index contributed by atoms with van der Waals surface area (Å²) in [6.07, 6.45) is 0.560. The van der Waals surface area contributed by atoms with Gasteiger partial charge in [0.1, 0.15) is 11.5 Å². The maximum atomic E-state index is 9.62. The monoisotopic (exact) mass is 347 g/mol. The average Bonchev–Trinajstić information content (AvgIpc) is 3.33. The van der Waals surface area contributed by atoms with E-state index in [1.165, 1.54) is 0 Å². The summed E-state index contributed by atoms with van der Waals surface area (Å²) in [5, 5.41) is 23.7. The third-order valence-electron chi connectivity index (χ3n) is 4.19. The molecule has 0 radical (unpaired) electrons. The van der Waals surface area contributed by atoms with E-state index < -0.39 is 0 Å². The van der Waals surface area contributed by atoms with Crippen LogP contribution in [0.1, 0.15) is 11.5 Å². The van der Waals surface area contributed by atoms with Gasteiger partial charge in [-0.1, -0.05) is 0 Å². The molecule has 26 heavy (non-hydrogen) atoms. The fraction of sp³-hybridized carbons (Fsp3) is 0.105. The van der Waals surface area contributed by atoms with E-state index in [2.05, 4.69) is 37.3 Å². The van der Waals surface area contributed by atoms with Gasteiger partial charge >= 0.3 is 0 Å². The van der Waals surface area contributed by atoms with Gasteiger partial charge in [-0.3, -0.25) is 0 Å². The van der Waals surface area contributed by atoms with Crippen LogP contribution >= 0.6 is 0 Å². The van der Waals surface area contributed by atoms with Gasteiger partial charge in [0.15, 0.2) is 5.82 Å². The zero-order valence-electron chi connectivity index (χ0n) is 14.1. The lowest BCUT2D eigenvalue weighted by molar-refractivity contribution is 0.415. The Morgan fingerprint density at radius 3 is 2.42 bits per heavy atom. The van der Waals surface area contributed by atoms with Gasteiger partial charge in [-0.15, -0.1) is 5.10 Å². The standard InChI is InChI=1S/C19H17N5O2/c1-26-17-9-2-13(3-10-17)18-11-6-15(12-19-20-22-23-21-19)24(18)14-4-7-16(25)8-5-14/h2-11,25H,12H2,1H3,(H,20,21,22,23). The number of aromatic amines is 1. The molecule has 130 valence electrons. The molecule has 0 bridgehead atoms. The molecule has 0 aliphatic rings. The first-order chi connectivity index (χ1) is 12.7. The van der Waals surface area contributed by atoms with Crippen molar-refractivity contribution in [1.82, 2.24) is 25.2 Å². The Labute approximate surface area is 149 Å². The number of aromatic nitrogens is 5. The highest BCUT2D eigenvalue weighted by molar-refractivity contribution is 5.65. The highest BCUT2D eigenvalue weighted by Crippen LogP contribution is 2.29. The van der Waals surface area contributed by atoms with Crippen LogP contribution in [0.4, 0.5) is 0 Å². The Kier molecular flexibility index (Phi) is 4.10. The minimum Gasteiger partial charge on any atom is -0.508 e. The minimum atomic E-state index is 0.230. The number of phenolic OH excluding ortho intramolecular Hbond substituents is 1. The van der Waals surface area contributed by atoms with Crippen molar-refractivity contribution < 1.29 is 9.84 Å². The molecule has 2 heterocycles. The number of nitrogens with one attached hydrogen (secondary N) is 1. The molecule has 0 aliphatic carbocycles. The van der Waals surface area contributed by atoms with Crippen molar-refractivity contribution in [3.05, 3.63) is 72.2 Å². The summed E-state index contributed by atoms with van der Waals surface area (Å²) in [7, 11) is 1.65. The van der Waals surface area contributed by atoms with Gasteiger partial charge in [-0.05, 0) is 76.7 Å². The number of benzene rings is 2. The van der Waals surface area contributed by atoms with E-state index in [4.69, 9.17) is 4.74 Å². The van der Waals surface area contributed by atoms with Crippen LogP contribution < -0.4 is 4.74 Å². The van der Waals surface area contributed by atoms with Gasteiger partial charge in [0, 0.05) is 17.8 Å². The third kappa shape index (κ3) is 3.02. The van der Waals surface area contributed by atoms with E-state index in [0.29, 0.717) is 12.2 Å². The molecule has 2 N–H and O–H groups in total. The average molecular weight is 347 g/mol. The number of nitrogens with zero attached hydrogens (tertiary/aromatic N) is 4. The lowest BCUT2D eigenvalue weighted by Crippen LogP contribution is -2.04. The normalized spacial score (nSPS) is 10.8. The second kappa shape index (κ2) is 6.72. The number of rotatable bonds is 5. The fourth-order valence-corrected chi connectivity index (χ4v) is 2.94. The summed E-state index contributed by atoms with van der Waals surface area (Å²) >= 11 is 0. The minimum absolute atomic E-state index is 0.230. The van der Waals surface area contributed by atoms with Gasteiger partial charge in [0.2, 0.25) is 0 Å². The molecule has 0 fully saturated rings. The second-order valence-electron chi connectivity index (χ2n) is 5.81. The number of hydrogen-bond donors (Lipinski definition) is 2. The Bertz CT molecular complexity index is 990. The summed E-state index contributed by atoms with van der Waals surface area (Å²) in [5.41, 5.74) is 4.06. The number of methoxy groups -OCH3 is 1. The van der Waals surface area contributed by atoms with Gasteiger partial charge in [-0.2, -0.15) is 0 Å². The van der Waals surface area contributed by atoms with Crippen LogP contribution in [0, 0.1) is 0 Å². The van der Waals surface area contributed by atoms with Crippen LogP contribution in [-0.4, -0.2) is 37.4 Å².